The maximum Gasteiger partial charge on any atom is 0.255 e. The molecule has 11 heteroatoms. The van der Waals surface area contributed by atoms with Crippen LogP contribution in [0.4, 0.5) is 10.2 Å². The maximum atomic E-state index is 14.1. The molecule has 7 rings (SSSR count). The molecule has 1 saturated carbocycles. The second kappa shape index (κ2) is 9.71. The summed E-state index contributed by atoms with van der Waals surface area (Å²) in [5.41, 5.74) is 4.77. The molecule has 0 spiro atoms. The van der Waals surface area contributed by atoms with Crippen LogP contribution in [0, 0.1) is 34.9 Å². The Labute approximate surface area is 239 Å². The van der Waals surface area contributed by atoms with E-state index in [9.17, 15) is 14.4 Å². The van der Waals surface area contributed by atoms with Crippen molar-refractivity contribution in [3.05, 3.63) is 89.3 Å². The van der Waals surface area contributed by atoms with Gasteiger partial charge in [-0.2, -0.15) is 15.5 Å². The van der Waals surface area contributed by atoms with Crippen LogP contribution in [0.15, 0.2) is 67.4 Å². The summed E-state index contributed by atoms with van der Waals surface area (Å²) in [6, 6.07) is 12.6. The van der Waals surface area contributed by atoms with Gasteiger partial charge in [0.2, 0.25) is 0 Å². The highest BCUT2D eigenvalue weighted by Gasteiger charge is 2.55. The Morgan fingerprint density at radius 1 is 1.10 bits per heavy atom. The zero-order valence-corrected chi connectivity index (χ0v) is 22.8. The molecular formula is C30H24ClFN8O. The van der Waals surface area contributed by atoms with E-state index in [1.165, 1.54) is 18.2 Å². The van der Waals surface area contributed by atoms with Crippen LogP contribution in [0.2, 0.25) is 5.02 Å². The number of hydrogen-bond donors (Lipinski definition) is 1. The number of hydrogen-bond acceptors (Lipinski definition) is 6. The number of piperidine rings is 1. The van der Waals surface area contributed by atoms with E-state index in [0.29, 0.717) is 29.9 Å². The number of carbonyl (C=O) groups is 1. The van der Waals surface area contributed by atoms with Crippen molar-refractivity contribution < 1.29 is 9.18 Å². The summed E-state index contributed by atoms with van der Waals surface area (Å²) in [5.74, 6) is 1.05. The number of benzene rings is 1. The lowest BCUT2D eigenvalue weighted by Gasteiger charge is -2.21. The first-order chi connectivity index (χ1) is 19.9. The van der Waals surface area contributed by atoms with E-state index in [2.05, 4.69) is 26.5 Å². The van der Waals surface area contributed by atoms with Crippen molar-refractivity contribution in [1.82, 2.24) is 29.7 Å². The molecule has 1 N–H and O–H groups in total. The van der Waals surface area contributed by atoms with Crippen LogP contribution in [-0.4, -0.2) is 49.9 Å². The molecule has 204 valence electrons. The number of halogens is 2. The quantitative estimate of drug-likeness (QED) is 0.323. The van der Waals surface area contributed by atoms with Gasteiger partial charge in [-0.15, -0.1) is 0 Å². The molecule has 5 heterocycles. The molecule has 2 unspecified atom stereocenters. The van der Waals surface area contributed by atoms with E-state index in [-0.39, 0.29) is 10.6 Å². The Balaban J connectivity index is 1.05. The minimum absolute atomic E-state index is 0.105. The summed E-state index contributed by atoms with van der Waals surface area (Å²) in [6.45, 7) is 2.19. The van der Waals surface area contributed by atoms with Crippen molar-refractivity contribution in [3.63, 3.8) is 0 Å². The monoisotopic (exact) mass is 566 g/mol. The number of carbonyl (C=O) groups excluding carboxylic acids is 1. The number of amides is 1. The van der Waals surface area contributed by atoms with Gasteiger partial charge in [0, 0.05) is 67.5 Å². The highest BCUT2D eigenvalue weighted by molar-refractivity contribution is 6.33. The highest BCUT2D eigenvalue weighted by Crippen LogP contribution is 2.52. The molecule has 2 aliphatic rings. The Morgan fingerprint density at radius 3 is 2.61 bits per heavy atom. The Kier molecular flexibility index (Phi) is 5.98. The summed E-state index contributed by atoms with van der Waals surface area (Å²) in [5, 5.41) is 21.4. The van der Waals surface area contributed by atoms with Crippen molar-refractivity contribution in [1.29, 1.82) is 5.26 Å². The lowest BCUT2D eigenvalue weighted by Crippen LogP contribution is -2.31. The number of anilines is 1. The van der Waals surface area contributed by atoms with E-state index < -0.39 is 11.7 Å². The van der Waals surface area contributed by atoms with E-state index in [4.69, 9.17) is 16.6 Å². The van der Waals surface area contributed by atoms with Crippen LogP contribution < -0.4 is 10.2 Å². The molecule has 1 amide bonds. The maximum absolute atomic E-state index is 14.1. The minimum atomic E-state index is -0.617. The fraction of sp³-hybridized carbons (Fsp3) is 0.233. The molecular weight excluding hydrogens is 543 g/mol. The second-order valence-electron chi connectivity index (χ2n) is 10.6. The highest BCUT2D eigenvalue weighted by atomic mass is 35.5. The fourth-order valence-corrected chi connectivity index (χ4v) is 6.29. The fourth-order valence-electron chi connectivity index (χ4n) is 6.04. The average Bonchev–Trinajstić information content (AvgIpc) is 3.41. The number of pyridine rings is 2. The first kappa shape index (κ1) is 25.2. The van der Waals surface area contributed by atoms with Gasteiger partial charge < -0.3 is 10.2 Å². The van der Waals surface area contributed by atoms with Crippen LogP contribution in [0.5, 0.6) is 0 Å². The van der Waals surface area contributed by atoms with Crippen LogP contribution in [-0.2, 0) is 7.05 Å². The molecule has 1 aliphatic heterocycles. The summed E-state index contributed by atoms with van der Waals surface area (Å²) in [6.07, 6.45) is 9.05. The van der Waals surface area contributed by atoms with Crippen molar-refractivity contribution >= 4 is 28.8 Å². The number of nitriles is 1. The van der Waals surface area contributed by atoms with Crippen molar-refractivity contribution in [3.8, 4) is 28.3 Å². The smallest absolute Gasteiger partial charge is 0.255 e. The van der Waals surface area contributed by atoms with Crippen molar-refractivity contribution in [2.45, 2.75) is 0 Å². The molecule has 2 fully saturated rings. The molecule has 1 aromatic carbocycles. The summed E-state index contributed by atoms with van der Waals surface area (Å²) in [4.78, 5) is 19.5. The molecule has 0 radical (unpaired) electrons. The molecule has 9 nitrogen and oxygen atoms in total. The van der Waals surface area contributed by atoms with Crippen LogP contribution in [0.25, 0.3) is 27.8 Å². The third kappa shape index (κ3) is 4.39. The van der Waals surface area contributed by atoms with Crippen molar-refractivity contribution in [2.24, 2.45) is 24.8 Å². The van der Waals surface area contributed by atoms with Gasteiger partial charge in [0.25, 0.3) is 5.91 Å². The van der Waals surface area contributed by atoms with Crippen molar-refractivity contribution in [2.75, 3.05) is 24.5 Å². The molecule has 41 heavy (non-hydrogen) atoms. The summed E-state index contributed by atoms with van der Waals surface area (Å²) >= 11 is 6.03. The molecule has 1 aliphatic carbocycles. The SMILES string of the molecule is Cn1cc(-c2cc(-c3ccc(N4CC5C(CNC(=O)c6c(F)cccc6Cl)C5C4)nc3)c3c(C#N)cnn3c2)cn1. The number of aromatic nitrogens is 5. The van der Waals surface area contributed by atoms with Crippen LogP contribution >= 0.6 is 11.6 Å². The normalized spacial score (nSPS) is 19.3. The topological polar surface area (TPSA) is 104 Å². The van der Waals surface area contributed by atoms with Gasteiger partial charge in [-0.25, -0.2) is 13.9 Å². The lowest BCUT2D eigenvalue weighted by atomic mass is 10.0. The van der Waals surface area contributed by atoms with Gasteiger partial charge >= 0.3 is 0 Å². The molecule has 1 saturated heterocycles. The predicted molar refractivity (Wildman–Crippen MR) is 152 cm³/mol. The van der Waals surface area contributed by atoms with E-state index in [1.54, 1.807) is 21.6 Å². The Morgan fingerprint density at radius 2 is 1.93 bits per heavy atom. The first-order valence-corrected chi connectivity index (χ1v) is 13.6. The molecule has 0 bridgehead atoms. The molecule has 4 aromatic heterocycles. The minimum Gasteiger partial charge on any atom is -0.356 e. The van der Waals surface area contributed by atoms with Crippen LogP contribution in [0.1, 0.15) is 15.9 Å². The standard InChI is InChI=1S/C30H24ClFN8O/c1-38-13-20(11-36-38)18-7-21(29-19(8-33)10-37-40(29)14-18)17-5-6-27(34-9-17)39-15-23-22(24(23)16-39)12-35-30(41)28-25(31)3-2-4-26(28)32/h2-7,9-11,13-14,22-24H,12,15-16H2,1H3,(H,35,41). The third-order valence-corrected chi connectivity index (χ3v) is 8.53. The van der Waals surface area contributed by atoms with Gasteiger partial charge in [0.05, 0.1) is 34.1 Å². The predicted octanol–water partition coefficient (Wildman–Crippen LogP) is 4.57. The van der Waals surface area contributed by atoms with Gasteiger partial charge in [0.1, 0.15) is 17.7 Å². The number of rotatable bonds is 6. The average molecular weight is 567 g/mol. The Bertz CT molecular complexity index is 1820. The van der Waals surface area contributed by atoms with E-state index >= 15 is 0 Å². The molecule has 2 atom stereocenters. The lowest BCUT2D eigenvalue weighted by molar-refractivity contribution is 0.0946. The van der Waals surface area contributed by atoms with E-state index in [1.807, 2.05) is 43.8 Å². The summed E-state index contributed by atoms with van der Waals surface area (Å²) in [7, 11) is 1.87. The number of nitrogens with zero attached hydrogens (tertiary/aromatic N) is 7. The Hall–Kier alpha value is -4.75. The van der Waals surface area contributed by atoms with Gasteiger partial charge in [-0.05, 0) is 48.1 Å². The zero-order valence-electron chi connectivity index (χ0n) is 22.0. The van der Waals surface area contributed by atoms with E-state index in [0.717, 1.165) is 46.7 Å². The van der Waals surface area contributed by atoms with Gasteiger partial charge in [-0.3, -0.25) is 9.48 Å². The summed E-state index contributed by atoms with van der Waals surface area (Å²) < 4.78 is 17.5. The number of nitrogens with one attached hydrogen (secondary N) is 1. The zero-order chi connectivity index (χ0) is 28.2. The van der Waals surface area contributed by atoms with Crippen LogP contribution in [0.3, 0.4) is 0 Å². The second-order valence-corrected chi connectivity index (χ2v) is 11.0. The first-order valence-electron chi connectivity index (χ1n) is 13.3. The number of fused-ring (bicyclic) bond motifs is 2. The third-order valence-electron chi connectivity index (χ3n) is 8.21. The van der Waals surface area contributed by atoms with Gasteiger partial charge in [0.15, 0.2) is 0 Å². The number of aryl methyl sites for hydroxylation is 1. The van der Waals surface area contributed by atoms with Gasteiger partial charge in [-0.1, -0.05) is 17.7 Å². The molecule has 5 aromatic rings. The largest absolute Gasteiger partial charge is 0.356 e.